The van der Waals surface area contributed by atoms with Crippen molar-refractivity contribution >= 4 is 33.2 Å². The third-order valence-corrected chi connectivity index (χ3v) is 4.08. The Morgan fingerprint density at radius 3 is 2.35 bits per heavy atom. The number of anilines is 1. The van der Waals surface area contributed by atoms with E-state index < -0.39 is 10.0 Å². The molecule has 0 fully saturated rings. The van der Waals surface area contributed by atoms with Crippen LogP contribution in [0.2, 0.25) is 5.02 Å². The summed E-state index contributed by atoms with van der Waals surface area (Å²) in [5.74, 6) is -0.283. The van der Waals surface area contributed by atoms with Crippen molar-refractivity contribution in [3.05, 3.63) is 64.7 Å². The largest absolute Gasteiger partial charge is 0.346 e. The van der Waals surface area contributed by atoms with Gasteiger partial charge in [-0.3, -0.25) is 9.52 Å². The molecule has 5 nitrogen and oxygen atoms in total. The number of carbonyl (C=O) groups excluding carboxylic acids is 1. The van der Waals surface area contributed by atoms with Crippen molar-refractivity contribution in [1.29, 1.82) is 0 Å². The molecule has 0 saturated heterocycles. The Bertz CT molecular complexity index is 807. The third-order valence-electron chi connectivity index (χ3n) is 3.17. The zero-order valence-corrected chi connectivity index (χ0v) is 14.3. The Hall–Kier alpha value is -2.05. The van der Waals surface area contributed by atoms with E-state index in [0.29, 0.717) is 5.56 Å². The molecule has 1 atom stereocenters. The molecule has 0 spiro atoms. The van der Waals surface area contributed by atoms with Gasteiger partial charge in [-0.15, -0.1) is 0 Å². The maximum Gasteiger partial charge on any atom is 0.251 e. The first-order chi connectivity index (χ1) is 10.8. The van der Waals surface area contributed by atoms with Crippen LogP contribution in [0.3, 0.4) is 0 Å². The van der Waals surface area contributed by atoms with Crippen LogP contribution >= 0.6 is 11.6 Å². The van der Waals surface area contributed by atoms with Gasteiger partial charge < -0.3 is 5.32 Å². The fourth-order valence-corrected chi connectivity index (χ4v) is 2.91. The van der Waals surface area contributed by atoms with Crippen molar-refractivity contribution in [2.45, 2.75) is 13.0 Å². The van der Waals surface area contributed by atoms with Gasteiger partial charge in [-0.1, -0.05) is 41.9 Å². The Morgan fingerprint density at radius 2 is 1.78 bits per heavy atom. The SMILES string of the molecule is CC(NC(=O)c1ccc(NS(C)(=O)=O)c(Cl)c1)c1ccccc1. The smallest absolute Gasteiger partial charge is 0.251 e. The third kappa shape index (κ3) is 4.97. The van der Waals surface area contributed by atoms with Crippen LogP contribution in [-0.2, 0) is 10.0 Å². The molecule has 0 radical (unpaired) electrons. The Balaban J connectivity index is 2.13. The lowest BCUT2D eigenvalue weighted by molar-refractivity contribution is 0.0940. The molecule has 0 aliphatic heterocycles. The highest BCUT2D eigenvalue weighted by Crippen LogP contribution is 2.24. The first-order valence-corrected chi connectivity index (χ1v) is 9.16. The van der Waals surface area contributed by atoms with Crippen LogP contribution in [0.4, 0.5) is 5.69 Å². The highest BCUT2D eigenvalue weighted by Gasteiger charge is 2.14. The van der Waals surface area contributed by atoms with E-state index in [-0.39, 0.29) is 22.7 Å². The van der Waals surface area contributed by atoms with Crippen LogP contribution in [-0.4, -0.2) is 20.6 Å². The number of hydrogen-bond donors (Lipinski definition) is 2. The monoisotopic (exact) mass is 352 g/mol. The van der Waals surface area contributed by atoms with Crippen LogP contribution in [0.5, 0.6) is 0 Å². The molecule has 0 heterocycles. The average Bonchev–Trinajstić information content (AvgIpc) is 2.48. The highest BCUT2D eigenvalue weighted by molar-refractivity contribution is 7.92. The van der Waals surface area contributed by atoms with Crippen LogP contribution < -0.4 is 10.0 Å². The van der Waals surface area contributed by atoms with Crippen molar-refractivity contribution in [1.82, 2.24) is 5.32 Å². The lowest BCUT2D eigenvalue weighted by Crippen LogP contribution is -2.26. The maximum atomic E-state index is 12.3. The minimum absolute atomic E-state index is 0.156. The summed E-state index contributed by atoms with van der Waals surface area (Å²) >= 11 is 6.03. The second kappa shape index (κ2) is 7.02. The number of amides is 1. The predicted molar refractivity (Wildman–Crippen MR) is 92.2 cm³/mol. The number of benzene rings is 2. The molecule has 0 aliphatic carbocycles. The van der Waals surface area contributed by atoms with Gasteiger partial charge in [0.25, 0.3) is 5.91 Å². The van der Waals surface area contributed by atoms with Crippen molar-refractivity contribution in [3.63, 3.8) is 0 Å². The number of nitrogens with one attached hydrogen (secondary N) is 2. The van der Waals surface area contributed by atoms with Gasteiger partial charge in [0.2, 0.25) is 10.0 Å². The lowest BCUT2D eigenvalue weighted by Gasteiger charge is -2.15. The molecule has 2 N–H and O–H groups in total. The van der Waals surface area contributed by atoms with E-state index in [1.54, 1.807) is 0 Å². The summed E-state index contributed by atoms with van der Waals surface area (Å²) in [6, 6.07) is 13.8. The van der Waals surface area contributed by atoms with Crippen LogP contribution in [0.25, 0.3) is 0 Å². The van der Waals surface area contributed by atoms with Gasteiger partial charge in [0.05, 0.1) is 23.0 Å². The minimum atomic E-state index is -3.42. The van der Waals surface area contributed by atoms with E-state index in [9.17, 15) is 13.2 Å². The number of hydrogen-bond acceptors (Lipinski definition) is 3. The Kier molecular flexibility index (Phi) is 5.28. The van der Waals surface area contributed by atoms with E-state index in [2.05, 4.69) is 10.0 Å². The average molecular weight is 353 g/mol. The molecule has 7 heteroatoms. The number of rotatable bonds is 5. The number of halogens is 1. The predicted octanol–water partition coefficient (Wildman–Crippen LogP) is 3.20. The van der Waals surface area contributed by atoms with Crippen LogP contribution in [0.1, 0.15) is 28.9 Å². The number of carbonyl (C=O) groups is 1. The summed E-state index contributed by atoms with van der Waals surface area (Å²) in [6.07, 6.45) is 1.03. The van der Waals surface area contributed by atoms with E-state index >= 15 is 0 Å². The molecule has 2 aromatic carbocycles. The quantitative estimate of drug-likeness (QED) is 0.867. The van der Waals surface area contributed by atoms with Crippen molar-refractivity contribution in [3.8, 4) is 0 Å². The van der Waals surface area contributed by atoms with Gasteiger partial charge in [-0.05, 0) is 30.7 Å². The fraction of sp³-hybridized carbons (Fsp3) is 0.188. The summed E-state index contributed by atoms with van der Waals surface area (Å²) in [4.78, 5) is 12.3. The van der Waals surface area contributed by atoms with Gasteiger partial charge in [0.15, 0.2) is 0 Å². The van der Waals surface area contributed by atoms with E-state index in [4.69, 9.17) is 11.6 Å². The topological polar surface area (TPSA) is 75.3 Å². The molecule has 122 valence electrons. The van der Waals surface area contributed by atoms with Crippen LogP contribution in [0.15, 0.2) is 48.5 Å². The molecule has 0 aliphatic rings. The molecule has 2 rings (SSSR count). The molecule has 1 unspecified atom stereocenters. The molecular weight excluding hydrogens is 336 g/mol. The Morgan fingerprint density at radius 1 is 1.13 bits per heavy atom. The van der Waals surface area contributed by atoms with Crippen molar-refractivity contribution in [2.24, 2.45) is 0 Å². The summed E-state index contributed by atoms with van der Waals surface area (Å²) in [5.41, 5.74) is 1.58. The standard InChI is InChI=1S/C16H17ClN2O3S/c1-11(12-6-4-3-5-7-12)18-16(20)13-8-9-15(14(17)10-13)19-23(2,21)22/h3-11,19H,1-2H3,(H,18,20). The zero-order chi connectivity index (χ0) is 17.0. The Labute approximate surface area is 140 Å². The summed E-state index contributed by atoms with van der Waals surface area (Å²) < 4.78 is 24.7. The van der Waals surface area contributed by atoms with Crippen molar-refractivity contribution < 1.29 is 13.2 Å². The zero-order valence-electron chi connectivity index (χ0n) is 12.7. The van der Waals surface area contributed by atoms with Crippen LogP contribution in [0, 0.1) is 0 Å². The highest BCUT2D eigenvalue weighted by atomic mass is 35.5. The summed E-state index contributed by atoms with van der Waals surface area (Å²) in [7, 11) is -3.42. The van der Waals surface area contributed by atoms with Gasteiger partial charge in [-0.25, -0.2) is 8.42 Å². The van der Waals surface area contributed by atoms with Gasteiger partial charge in [0.1, 0.15) is 0 Å². The molecule has 1 amide bonds. The maximum absolute atomic E-state index is 12.3. The second-order valence-corrected chi connectivity index (χ2v) is 7.33. The molecule has 23 heavy (non-hydrogen) atoms. The molecule has 2 aromatic rings. The summed E-state index contributed by atoms with van der Waals surface area (Å²) in [5, 5.41) is 3.03. The van der Waals surface area contributed by atoms with E-state index in [1.165, 1.54) is 18.2 Å². The summed E-state index contributed by atoms with van der Waals surface area (Å²) in [6.45, 7) is 1.88. The first-order valence-electron chi connectivity index (χ1n) is 6.89. The fourth-order valence-electron chi connectivity index (χ4n) is 2.04. The molecule has 0 bridgehead atoms. The van der Waals surface area contributed by atoms with Gasteiger partial charge in [0, 0.05) is 5.56 Å². The lowest BCUT2D eigenvalue weighted by atomic mass is 10.1. The second-order valence-electron chi connectivity index (χ2n) is 5.17. The molecule has 0 saturated carbocycles. The molecule has 0 aromatic heterocycles. The minimum Gasteiger partial charge on any atom is -0.346 e. The van der Waals surface area contributed by atoms with E-state index in [1.807, 2.05) is 37.3 Å². The van der Waals surface area contributed by atoms with Crippen molar-refractivity contribution in [2.75, 3.05) is 11.0 Å². The molecular formula is C16H17ClN2O3S. The van der Waals surface area contributed by atoms with E-state index in [0.717, 1.165) is 11.8 Å². The van der Waals surface area contributed by atoms with Gasteiger partial charge >= 0.3 is 0 Å². The normalized spacial score (nSPS) is 12.5. The first kappa shape index (κ1) is 17.3. The van der Waals surface area contributed by atoms with Gasteiger partial charge in [-0.2, -0.15) is 0 Å². The number of sulfonamides is 1.